The van der Waals surface area contributed by atoms with Gasteiger partial charge in [0.25, 0.3) is 0 Å². The minimum absolute atomic E-state index is 0.0268. The van der Waals surface area contributed by atoms with Crippen molar-refractivity contribution < 1.29 is 0 Å². The maximum atomic E-state index is 2.48. The molecule has 3 aromatic carbocycles. The largest absolute Gasteiger partial charge is 0.308 e. The smallest absolute Gasteiger partial charge is 0.0610 e. The summed E-state index contributed by atoms with van der Waals surface area (Å²) >= 11 is 1.80. The van der Waals surface area contributed by atoms with Gasteiger partial charge in [-0.1, -0.05) is 67.9 Å². The van der Waals surface area contributed by atoms with Crippen LogP contribution in [0.2, 0.25) is 0 Å². The molecule has 0 aliphatic carbocycles. The van der Waals surface area contributed by atoms with Crippen LogP contribution >= 0.6 is 11.3 Å². The Labute approximate surface area is 168 Å². The third-order valence-corrected chi connectivity index (χ3v) is 7.13. The van der Waals surface area contributed by atoms with Crippen molar-refractivity contribution in [3.05, 3.63) is 88.1 Å². The van der Waals surface area contributed by atoms with E-state index in [9.17, 15) is 0 Å². The average molecular weight is 380 g/mol. The SMILES string of the molecule is Cc1ccc(-c2ccc3c(c2)c2cccc4c2n3-c2cscc2C4(C)C)cc1. The molecule has 0 N–H and O–H groups in total. The summed E-state index contributed by atoms with van der Waals surface area (Å²) in [5.41, 5.74) is 10.7. The Morgan fingerprint density at radius 3 is 2.39 bits per heavy atom. The number of aryl methyl sites for hydroxylation is 1. The van der Waals surface area contributed by atoms with Crippen LogP contribution < -0.4 is 0 Å². The second kappa shape index (κ2) is 5.36. The maximum absolute atomic E-state index is 2.48. The van der Waals surface area contributed by atoms with Gasteiger partial charge in [0.05, 0.1) is 16.7 Å². The van der Waals surface area contributed by atoms with Crippen LogP contribution in [0.3, 0.4) is 0 Å². The van der Waals surface area contributed by atoms with E-state index in [1.165, 1.54) is 55.3 Å². The monoisotopic (exact) mass is 379 g/mol. The quantitative estimate of drug-likeness (QED) is 0.285. The Hall–Kier alpha value is -2.84. The summed E-state index contributed by atoms with van der Waals surface area (Å²) in [6, 6.07) is 22.6. The molecule has 0 bridgehead atoms. The highest BCUT2D eigenvalue weighted by Crippen LogP contribution is 2.48. The fourth-order valence-corrected chi connectivity index (χ4v) is 5.81. The van der Waals surface area contributed by atoms with E-state index in [0.29, 0.717) is 0 Å². The Morgan fingerprint density at radius 2 is 1.57 bits per heavy atom. The number of hydrogen-bond donors (Lipinski definition) is 0. The molecule has 28 heavy (non-hydrogen) atoms. The molecular weight excluding hydrogens is 358 g/mol. The van der Waals surface area contributed by atoms with Crippen LogP contribution in [0.25, 0.3) is 38.6 Å². The van der Waals surface area contributed by atoms with E-state index in [1.807, 2.05) is 0 Å². The van der Waals surface area contributed by atoms with Gasteiger partial charge in [-0.2, -0.15) is 0 Å². The number of nitrogens with zero attached hydrogens (tertiary/aromatic N) is 1. The summed E-state index contributed by atoms with van der Waals surface area (Å²) in [7, 11) is 0. The van der Waals surface area contributed by atoms with Crippen molar-refractivity contribution in [2.75, 3.05) is 0 Å². The predicted octanol–water partition coefficient (Wildman–Crippen LogP) is 7.46. The number of thiophene rings is 1. The van der Waals surface area contributed by atoms with E-state index in [4.69, 9.17) is 0 Å². The van der Waals surface area contributed by atoms with Crippen molar-refractivity contribution in [3.8, 4) is 16.8 Å². The summed E-state index contributed by atoms with van der Waals surface area (Å²) in [6.45, 7) is 6.84. The number of benzene rings is 3. The third-order valence-electron chi connectivity index (χ3n) is 6.40. The van der Waals surface area contributed by atoms with E-state index in [2.05, 4.69) is 96.8 Å². The minimum Gasteiger partial charge on any atom is -0.308 e. The van der Waals surface area contributed by atoms with Gasteiger partial charge in [0.1, 0.15) is 0 Å². The highest BCUT2D eigenvalue weighted by atomic mass is 32.1. The molecule has 1 aliphatic heterocycles. The van der Waals surface area contributed by atoms with Crippen LogP contribution in [-0.2, 0) is 5.41 Å². The van der Waals surface area contributed by atoms with Gasteiger partial charge in [0.15, 0.2) is 0 Å². The lowest BCUT2D eigenvalue weighted by Crippen LogP contribution is -2.24. The topological polar surface area (TPSA) is 4.93 Å². The first-order chi connectivity index (χ1) is 13.6. The summed E-state index contributed by atoms with van der Waals surface area (Å²) in [5.74, 6) is 0. The highest BCUT2D eigenvalue weighted by Gasteiger charge is 2.35. The zero-order chi connectivity index (χ0) is 19.0. The molecule has 0 amide bonds. The van der Waals surface area contributed by atoms with Gasteiger partial charge < -0.3 is 4.57 Å². The normalized spacial score (nSPS) is 14.5. The summed E-state index contributed by atoms with van der Waals surface area (Å²) in [5, 5.41) is 7.32. The van der Waals surface area contributed by atoms with Crippen molar-refractivity contribution in [1.29, 1.82) is 0 Å². The van der Waals surface area contributed by atoms with Gasteiger partial charge in [-0.25, -0.2) is 0 Å². The van der Waals surface area contributed by atoms with Gasteiger partial charge in [-0.05, 0) is 46.7 Å². The van der Waals surface area contributed by atoms with Crippen LogP contribution in [0.1, 0.15) is 30.5 Å². The Bertz CT molecular complexity index is 1380. The molecule has 5 aromatic rings. The van der Waals surface area contributed by atoms with Crippen molar-refractivity contribution in [2.45, 2.75) is 26.2 Å². The second-order valence-corrected chi connectivity index (χ2v) is 9.17. The zero-order valence-electron chi connectivity index (χ0n) is 16.3. The van der Waals surface area contributed by atoms with Gasteiger partial charge in [0.2, 0.25) is 0 Å². The number of aromatic nitrogens is 1. The van der Waals surface area contributed by atoms with E-state index >= 15 is 0 Å². The Morgan fingerprint density at radius 1 is 0.786 bits per heavy atom. The lowest BCUT2D eigenvalue weighted by molar-refractivity contribution is 0.633. The molecule has 0 fully saturated rings. The van der Waals surface area contributed by atoms with Crippen molar-refractivity contribution in [3.63, 3.8) is 0 Å². The molecule has 136 valence electrons. The molecular formula is C26H21NS. The van der Waals surface area contributed by atoms with Crippen LogP contribution in [0.4, 0.5) is 0 Å². The lowest BCUT2D eigenvalue weighted by atomic mass is 9.76. The molecule has 0 unspecified atom stereocenters. The van der Waals surface area contributed by atoms with Crippen LogP contribution in [0.5, 0.6) is 0 Å². The van der Waals surface area contributed by atoms with E-state index in [0.717, 1.165) is 0 Å². The maximum Gasteiger partial charge on any atom is 0.0610 e. The van der Waals surface area contributed by atoms with Crippen LogP contribution in [-0.4, -0.2) is 4.57 Å². The minimum atomic E-state index is 0.0268. The van der Waals surface area contributed by atoms with Crippen molar-refractivity contribution >= 4 is 33.1 Å². The molecule has 0 saturated heterocycles. The number of hydrogen-bond acceptors (Lipinski definition) is 1. The first-order valence-corrected chi connectivity index (χ1v) is 10.7. The van der Waals surface area contributed by atoms with Gasteiger partial charge >= 0.3 is 0 Å². The van der Waals surface area contributed by atoms with Gasteiger partial charge in [-0.15, -0.1) is 11.3 Å². The molecule has 2 aromatic heterocycles. The summed E-state index contributed by atoms with van der Waals surface area (Å²) in [6.07, 6.45) is 0. The van der Waals surface area contributed by atoms with Crippen LogP contribution in [0, 0.1) is 6.92 Å². The van der Waals surface area contributed by atoms with Crippen LogP contribution in [0.15, 0.2) is 71.4 Å². The van der Waals surface area contributed by atoms with Crippen molar-refractivity contribution in [2.24, 2.45) is 0 Å². The lowest BCUT2D eigenvalue weighted by Gasteiger charge is -2.32. The fourth-order valence-electron chi connectivity index (χ4n) is 4.83. The van der Waals surface area contributed by atoms with E-state index in [1.54, 1.807) is 11.3 Å². The van der Waals surface area contributed by atoms with E-state index in [-0.39, 0.29) is 5.41 Å². The molecule has 3 heterocycles. The van der Waals surface area contributed by atoms with Gasteiger partial charge in [-0.3, -0.25) is 0 Å². The molecule has 0 saturated carbocycles. The molecule has 1 nitrogen and oxygen atoms in total. The van der Waals surface area contributed by atoms with Crippen molar-refractivity contribution in [1.82, 2.24) is 4.57 Å². The molecule has 0 radical (unpaired) electrons. The number of fused-ring (bicyclic) bond motifs is 5. The number of para-hydroxylation sites is 1. The fraction of sp³-hybridized carbons (Fsp3) is 0.154. The molecule has 6 rings (SSSR count). The first-order valence-electron chi connectivity index (χ1n) is 9.77. The predicted molar refractivity (Wildman–Crippen MR) is 121 cm³/mol. The van der Waals surface area contributed by atoms with Gasteiger partial charge in [0, 0.05) is 21.6 Å². The Kier molecular flexibility index (Phi) is 3.09. The molecule has 0 atom stereocenters. The molecule has 1 aliphatic rings. The summed E-state index contributed by atoms with van der Waals surface area (Å²) < 4.78 is 2.48. The van der Waals surface area contributed by atoms with E-state index < -0.39 is 0 Å². The Balaban J connectivity index is 1.74. The summed E-state index contributed by atoms with van der Waals surface area (Å²) in [4.78, 5) is 0. The zero-order valence-corrected chi connectivity index (χ0v) is 17.1. The standard InChI is InChI=1S/C26H21NS/c1-16-7-9-17(10-8-16)18-11-12-23-20(13-18)19-5-4-6-21-25(19)27(23)24-15-28-14-22(24)26(21,2)3/h4-15H,1-3H3. The third kappa shape index (κ3) is 1.96. The first kappa shape index (κ1) is 16.1. The number of rotatable bonds is 1. The second-order valence-electron chi connectivity index (χ2n) is 8.43. The molecule has 2 heteroatoms. The average Bonchev–Trinajstić information content (AvgIpc) is 3.30. The molecule has 0 spiro atoms. The highest BCUT2D eigenvalue weighted by molar-refractivity contribution is 7.08.